The fourth-order valence-corrected chi connectivity index (χ4v) is 3.15. The first-order valence-corrected chi connectivity index (χ1v) is 6.86. The lowest BCUT2D eigenvalue weighted by Crippen LogP contribution is -2.25. The molecule has 1 saturated heterocycles. The van der Waals surface area contributed by atoms with Gasteiger partial charge in [-0.1, -0.05) is 0 Å². The zero-order valence-electron chi connectivity index (χ0n) is 9.72. The van der Waals surface area contributed by atoms with Gasteiger partial charge < -0.3 is 10.0 Å². The van der Waals surface area contributed by atoms with Gasteiger partial charge in [0, 0.05) is 10.9 Å². The normalized spacial score (nSPS) is 21.4. The molecular formula is C13H19NOS. The SMILES string of the molecule is CN1CCC[C@H]1CCSc1ccc(O)cc1. The number of aromatic hydroxyl groups is 1. The second-order valence-electron chi connectivity index (χ2n) is 4.41. The predicted octanol–water partition coefficient (Wildman–Crippen LogP) is 2.97. The van der Waals surface area contributed by atoms with Gasteiger partial charge in [-0.2, -0.15) is 0 Å². The zero-order chi connectivity index (χ0) is 11.4. The zero-order valence-corrected chi connectivity index (χ0v) is 10.5. The number of hydrogen-bond donors (Lipinski definition) is 1. The molecule has 0 radical (unpaired) electrons. The first-order valence-electron chi connectivity index (χ1n) is 5.88. The average Bonchev–Trinajstić information content (AvgIpc) is 2.68. The smallest absolute Gasteiger partial charge is 0.115 e. The van der Waals surface area contributed by atoms with Gasteiger partial charge in [0.05, 0.1) is 0 Å². The van der Waals surface area contributed by atoms with Crippen LogP contribution in [0.1, 0.15) is 19.3 Å². The van der Waals surface area contributed by atoms with Crippen molar-refractivity contribution < 1.29 is 5.11 Å². The van der Waals surface area contributed by atoms with E-state index in [1.54, 1.807) is 12.1 Å². The largest absolute Gasteiger partial charge is 0.508 e. The van der Waals surface area contributed by atoms with Crippen LogP contribution in [0.25, 0.3) is 0 Å². The molecule has 2 nitrogen and oxygen atoms in total. The number of hydrogen-bond acceptors (Lipinski definition) is 3. The van der Waals surface area contributed by atoms with E-state index in [-0.39, 0.29) is 0 Å². The minimum atomic E-state index is 0.347. The Bertz CT molecular complexity index is 325. The summed E-state index contributed by atoms with van der Waals surface area (Å²) in [7, 11) is 2.23. The van der Waals surface area contributed by atoms with Gasteiger partial charge in [-0.3, -0.25) is 0 Å². The summed E-state index contributed by atoms with van der Waals surface area (Å²) in [4.78, 5) is 3.72. The molecule has 0 aromatic heterocycles. The molecule has 3 heteroatoms. The van der Waals surface area contributed by atoms with Crippen molar-refractivity contribution in [3.05, 3.63) is 24.3 Å². The number of likely N-dealkylation sites (tertiary alicyclic amines) is 1. The van der Waals surface area contributed by atoms with Crippen LogP contribution in [-0.4, -0.2) is 35.4 Å². The minimum Gasteiger partial charge on any atom is -0.508 e. The first kappa shape index (κ1) is 11.8. The summed E-state index contributed by atoms with van der Waals surface area (Å²) >= 11 is 1.88. The average molecular weight is 237 g/mol. The van der Waals surface area contributed by atoms with E-state index in [1.807, 2.05) is 23.9 Å². The van der Waals surface area contributed by atoms with Crippen LogP contribution in [0.5, 0.6) is 5.75 Å². The van der Waals surface area contributed by atoms with Crippen LogP contribution in [0.3, 0.4) is 0 Å². The predicted molar refractivity (Wildman–Crippen MR) is 69.1 cm³/mol. The Kier molecular flexibility index (Phi) is 4.13. The maximum Gasteiger partial charge on any atom is 0.115 e. The van der Waals surface area contributed by atoms with Gasteiger partial charge in [-0.05, 0) is 62.9 Å². The second-order valence-corrected chi connectivity index (χ2v) is 5.58. The summed E-state index contributed by atoms with van der Waals surface area (Å²) in [5, 5.41) is 9.17. The lowest BCUT2D eigenvalue weighted by atomic mass is 10.2. The van der Waals surface area contributed by atoms with Crippen LogP contribution in [0.15, 0.2) is 29.2 Å². The molecule has 0 aliphatic carbocycles. The van der Waals surface area contributed by atoms with E-state index in [9.17, 15) is 5.11 Å². The molecule has 0 bridgehead atoms. The molecule has 0 unspecified atom stereocenters. The Hall–Kier alpha value is -0.670. The van der Waals surface area contributed by atoms with Crippen molar-refractivity contribution in [3.63, 3.8) is 0 Å². The molecule has 0 amide bonds. The standard InChI is InChI=1S/C13H19NOS/c1-14-9-2-3-11(14)8-10-16-13-6-4-12(15)5-7-13/h4-7,11,15H,2-3,8-10H2,1H3/t11-/m0/s1. The first-order chi connectivity index (χ1) is 7.75. The monoisotopic (exact) mass is 237 g/mol. The molecule has 88 valence electrons. The van der Waals surface area contributed by atoms with Crippen molar-refractivity contribution in [3.8, 4) is 5.75 Å². The van der Waals surface area contributed by atoms with Gasteiger partial charge in [-0.15, -0.1) is 11.8 Å². The highest BCUT2D eigenvalue weighted by Crippen LogP contribution is 2.25. The summed E-state index contributed by atoms with van der Waals surface area (Å²) in [6, 6.07) is 8.26. The van der Waals surface area contributed by atoms with Crippen molar-refractivity contribution in [1.29, 1.82) is 0 Å². The fraction of sp³-hybridized carbons (Fsp3) is 0.538. The molecule has 16 heavy (non-hydrogen) atoms. The quantitative estimate of drug-likeness (QED) is 0.814. The molecule has 1 aromatic carbocycles. The number of phenolic OH excluding ortho intramolecular Hbond substituents is 1. The molecule has 1 aliphatic heterocycles. The fourth-order valence-electron chi connectivity index (χ4n) is 2.20. The second kappa shape index (κ2) is 5.60. The molecule has 0 spiro atoms. The molecule has 1 atom stereocenters. The van der Waals surface area contributed by atoms with E-state index in [0.717, 1.165) is 6.04 Å². The van der Waals surface area contributed by atoms with E-state index in [2.05, 4.69) is 11.9 Å². The van der Waals surface area contributed by atoms with Gasteiger partial charge in [0.2, 0.25) is 0 Å². The number of benzene rings is 1. The Labute approximate surface area is 102 Å². The Balaban J connectivity index is 1.73. The number of nitrogens with zero attached hydrogens (tertiary/aromatic N) is 1. The van der Waals surface area contributed by atoms with Crippen molar-refractivity contribution in [2.24, 2.45) is 0 Å². The van der Waals surface area contributed by atoms with Crippen LogP contribution in [0.2, 0.25) is 0 Å². The van der Waals surface area contributed by atoms with Crippen molar-refractivity contribution >= 4 is 11.8 Å². The molecule has 1 heterocycles. The van der Waals surface area contributed by atoms with Gasteiger partial charge in [0.1, 0.15) is 5.75 Å². The van der Waals surface area contributed by atoms with E-state index >= 15 is 0 Å². The topological polar surface area (TPSA) is 23.5 Å². The van der Waals surface area contributed by atoms with Crippen LogP contribution in [0.4, 0.5) is 0 Å². The highest BCUT2D eigenvalue weighted by molar-refractivity contribution is 7.99. The van der Waals surface area contributed by atoms with E-state index in [1.165, 1.54) is 36.5 Å². The number of thioether (sulfide) groups is 1. The Morgan fingerprint density at radius 1 is 1.38 bits per heavy atom. The van der Waals surface area contributed by atoms with E-state index < -0.39 is 0 Å². The highest BCUT2D eigenvalue weighted by Gasteiger charge is 2.19. The van der Waals surface area contributed by atoms with Gasteiger partial charge >= 0.3 is 0 Å². The molecule has 1 N–H and O–H groups in total. The Morgan fingerprint density at radius 3 is 2.75 bits per heavy atom. The third kappa shape index (κ3) is 3.16. The van der Waals surface area contributed by atoms with Crippen molar-refractivity contribution in [1.82, 2.24) is 4.90 Å². The van der Waals surface area contributed by atoms with Crippen LogP contribution >= 0.6 is 11.8 Å². The minimum absolute atomic E-state index is 0.347. The molecule has 2 rings (SSSR count). The maximum absolute atomic E-state index is 9.17. The van der Waals surface area contributed by atoms with Gasteiger partial charge in [-0.25, -0.2) is 0 Å². The van der Waals surface area contributed by atoms with Crippen LogP contribution in [0, 0.1) is 0 Å². The van der Waals surface area contributed by atoms with Crippen molar-refractivity contribution in [2.75, 3.05) is 19.3 Å². The van der Waals surface area contributed by atoms with Crippen LogP contribution in [-0.2, 0) is 0 Å². The Morgan fingerprint density at radius 2 is 2.12 bits per heavy atom. The van der Waals surface area contributed by atoms with Gasteiger partial charge in [0.15, 0.2) is 0 Å². The summed E-state index contributed by atoms with van der Waals surface area (Å²) in [6.45, 7) is 1.26. The van der Waals surface area contributed by atoms with E-state index in [0.29, 0.717) is 5.75 Å². The maximum atomic E-state index is 9.17. The van der Waals surface area contributed by atoms with Crippen molar-refractivity contribution in [2.45, 2.75) is 30.2 Å². The lowest BCUT2D eigenvalue weighted by molar-refractivity contribution is 0.305. The summed E-state index contributed by atoms with van der Waals surface area (Å²) in [5.41, 5.74) is 0. The van der Waals surface area contributed by atoms with E-state index in [4.69, 9.17) is 0 Å². The third-order valence-electron chi connectivity index (χ3n) is 3.23. The van der Waals surface area contributed by atoms with Gasteiger partial charge in [0.25, 0.3) is 0 Å². The third-order valence-corrected chi connectivity index (χ3v) is 4.27. The summed E-state index contributed by atoms with van der Waals surface area (Å²) in [5.74, 6) is 1.51. The highest BCUT2D eigenvalue weighted by atomic mass is 32.2. The number of phenols is 1. The molecular weight excluding hydrogens is 218 g/mol. The summed E-state index contributed by atoms with van der Waals surface area (Å²) < 4.78 is 0. The molecule has 0 saturated carbocycles. The number of rotatable bonds is 4. The lowest BCUT2D eigenvalue weighted by Gasteiger charge is -2.18. The molecule has 1 fully saturated rings. The van der Waals surface area contributed by atoms with Crippen LogP contribution < -0.4 is 0 Å². The molecule has 1 aliphatic rings. The molecule has 1 aromatic rings. The summed E-state index contributed by atoms with van der Waals surface area (Å²) in [6.07, 6.45) is 3.97.